The molecule has 606 valence electrons. The van der Waals surface area contributed by atoms with Crippen LogP contribution in [0, 0.1) is 11.8 Å². The zero-order chi connectivity index (χ0) is 81.5. The molecule has 5 aromatic heterocycles. The van der Waals surface area contributed by atoms with Crippen LogP contribution in [0.4, 0.5) is 0 Å². The molecule has 4 aliphatic carbocycles. The van der Waals surface area contributed by atoms with Gasteiger partial charge in [0, 0.05) is 71.6 Å². The zero-order valence-electron chi connectivity index (χ0n) is 71.4. The van der Waals surface area contributed by atoms with Crippen molar-refractivity contribution >= 4 is 43.9 Å². The SMILES string of the molecule is CC(C)Cc1cc(-c2ccccc2)cc(CC(C)C)c1-n1cc[n+]2c1-c1cc3c(cc1C2)oc1ccccc13.c1ccc(-c2cc(C3CCCCC3)c(-n3cc[n+]4c3-c3cc5c(cc3C4)oc3ccccc35)c(C3CCCCC3)c2)cc1.c1ccc(-c2ccc3c(c2)C[n+]2ccn(-c4c(C5CCCC5)cc(-c5ccccc5)cc4C4CCCC4)c2-3)cc1. The molecule has 122 heavy (non-hydrogen) atoms. The van der Waals surface area contributed by atoms with E-state index in [1.165, 1.54) is 261 Å². The summed E-state index contributed by atoms with van der Waals surface area (Å²) in [4.78, 5) is 0. The lowest BCUT2D eigenvalue weighted by Gasteiger charge is -2.29. The Balaban J connectivity index is 0.000000109. The Kier molecular flexibility index (Phi) is 20.2. The molecule has 8 heteroatoms. The lowest BCUT2D eigenvalue weighted by molar-refractivity contribution is -0.671. The Labute approximate surface area is 718 Å². The number of para-hydroxylation sites is 2. The lowest BCUT2D eigenvalue weighted by Crippen LogP contribution is -2.30. The van der Waals surface area contributed by atoms with Gasteiger partial charge in [-0.15, -0.1) is 0 Å². The van der Waals surface area contributed by atoms with Gasteiger partial charge < -0.3 is 8.83 Å². The van der Waals surface area contributed by atoms with Crippen LogP contribution >= 0.6 is 0 Å². The third-order valence-electron chi connectivity index (χ3n) is 28.4. The molecule has 12 aromatic carbocycles. The summed E-state index contributed by atoms with van der Waals surface area (Å²) in [6.07, 6.45) is 39.9. The molecule has 0 unspecified atom stereocenters. The molecule has 4 saturated carbocycles. The number of fused-ring (bicyclic) bond motifs is 15. The summed E-state index contributed by atoms with van der Waals surface area (Å²) in [7, 11) is 0. The molecule has 0 radical (unpaired) electrons. The highest BCUT2D eigenvalue weighted by molar-refractivity contribution is 6.08. The Morgan fingerprint density at radius 2 is 0.598 bits per heavy atom. The first-order valence-electron chi connectivity index (χ1n) is 46.2. The smallest absolute Gasteiger partial charge is 0.294 e. The van der Waals surface area contributed by atoms with Crippen LogP contribution in [0.1, 0.15) is 217 Å². The molecule has 0 bridgehead atoms. The van der Waals surface area contributed by atoms with E-state index < -0.39 is 0 Å². The van der Waals surface area contributed by atoms with E-state index in [0.717, 1.165) is 54.8 Å². The van der Waals surface area contributed by atoms with Crippen molar-refractivity contribution in [1.82, 2.24) is 13.7 Å². The predicted molar refractivity (Wildman–Crippen MR) is 499 cm³/mol. The van der Waals surface area contributed by atoms with Crippen molar-refractivity contribution in [2.75, 3.05) is 0 Å². The van der Waals surface area contributed by atoms with Crippen molar-refractivity contribution < 1.29 is 22.5 Å². The van der Waals surface area contributed by atoms with Crippen molar-refractivity contribution in [3.8, 4) is 95.7 Å². The van der Waals surface area contributed by atoms with Gasteiger partial charge in [-0.2, -0.15) is 13.7 Å². The van der Waals surface area contributed by atoms with Crippen LogP contribution in [0.15, 0.2) is 295 Å². The Morgan fingerprint density at radius 3 is 0.975 bits per heavy atom. The highest BCUT2D eigenvalue weighted by atomic mass is 16.3. The fourth-order valence-electron chi connectivity index (χ4n) is 22.8. The molecule has 0 N–H and O–H groups in total. The number of hydrogen-bond acceptors (Lipinski definition) is 2. The molecule has 0 spiro atoms. The van der Waals surface area contributed by atoms with Crippen molar-refractivity contribution in [3.63, 3.8) is 0 Å². The fraction of sp³-hybridized carbons (Fsp3) is 0.289. The highest BCUT2D eigenvalue weighted by Crippen LogP contribution is 2.51. The van der Waals surface area contributed by atoms with E-state index in [9.17, 15) is 0 Å². The second-order valence-corrected chi connectivity index (χ2v) is 37.4. The third kappa shape index (κ3) is 14.1. The monoisotopic (exact) mass is 1600 g/mol. The van der Waals surface area contributed by atoms with Gasteiger partial charge in [-0.05, 0) is 229 Å². The fourth-order valence-corrected chi connectivity index (χ4v) is 22.8. The first-order valence-corrected chi connectivity index (χ1v) is 46.2. The second kappa shape index (κ2) is 32.4. The number of furan rings is 2. The molecule has 24 rings (SSSR count). The minimum absolute atomic E-state index is 0.558. The van der Waals surface area contributed by atoms with Crippen molar-refractivity contribution in [2.45, 2.75) is 199 Å². The molecule has 8 heterocycles. The van der Waals surface area contributed by atoms with Crippen molar-refractivity contribution in [2.24, 2.45) is 11.8 Å². The average Bonchev–Trinajstić information content (AvgIpc) is 1.57. The first kappa shape index (κ1) is 76.0. The molecule has 4 fully saturated rings. The maximum atomic E-state index is 6.30. The van der Waals surface area contributed by atoms with E-state index in [1.807, 2.05) is 6.07 Å². The molecule has 0 atom stereocenters. The Hall–Kier alpha value is -12.1. The summed E-state index contributed by atoms with van der Waals surface area (Å²) in [5, 5.41) is 4.79. The van der Waals surface area contributed by atoms with Gasteiger partial charge in [0.15, 0.2) is 0 Å². The highest BCUT2D eigenvalue weighted by Gasteiger charge is 2.41. The van der Waals surface area contributed by atoms with E-state index in [0.29, 0.717) is 35.5 Å². The van der Waals surface area contributed by atoms with Crippen LogP contribution in [-0.4, -0.2) is 13.7 Å². The van der Waals surface area contributed by atoms with E-state index in [2.05, 4.69) is 335 Å². The molecule has 8 nitrogen and oxygen atoms in total. The minimum atomic E-state index is 0.558. The van der Waals surface area contributed by atoms with Crippen molar-refractivity contribution in [1.29, 1.82) is 0 Å². The van der Waals surface area contributed by atoms with Gasteiger partial charge in [0.1, 0.15) is 96.2 Å². The molecule has 17 aromatic rings. The summed E-state index contributed by atoms with van der Waals surface area (Å²) in [6.45, 7) is 12.0. The van der Waals surface area contributed by atoms with Gasteiger partial charge >= 0.3 is 0 Å². The molecule has 0 saturated heterocycles. The number of hydrogen-bond donors (Lipinski definition) is 0. The van der Waals surface area contributed by atoms with Crippen LogP contribution in [0.5, 0.6) is 0 Å². The number of rotatable bonds is 15. The maximum Gasteiger partial charge on any atom is 0.294 e. The van der Waals surface area contributed by atoms with Crippen LogP contribution in [0.25, 0.3) is 140 Å². The normalized spacial score (nSPS) is 15.8. The molecular weight excluding hydrogens is 1490 g/mol. The van der Waals surface area contributed by atoms with Gasteiger partial charge in [-0.25, -0.2) is 13.7 Å². The average molecular weight is 1600 g/mol. The molecule has 3 aliphatic heterocycles. The van der Waals surface area contributed by atoms with Gasteiger partial charge in [0.05, 0.1) is 16.7 Å². The number of benzene rings is 12. The number of aromatic nitrogens is 6. The van der Waals surface area contributed by atoms with Gasteiger partial charge in [0.25, 0.3) is 17.5 Å². The third-order valence-corrected chi connectivity index (χ3v) is 28.4. The largest absolute Gasteiger partial charge is 0.456 e. The quantitative estimate of drug-likeness (QED) is 0.0961. The molecule has 0 amide bonds. The van der Waals surface area contributed by atoms with E-state index in [4.69, 9.17) is 8.83 Å². The second-order valence-electron chi connectivity index (χ2n) is 37.4. The molecular formula is C114H111N6O2+3. The summed E-state index contributed by atoms with van der Waals surface area (Å²) < 4.78 is 27.5. The predicted octanol–water partition coefficient (Wildman–Crippen LogP) is 28.7. The van der Waals surface area contributed by atoms with Crippen LogP contribution in [-0.2, 0) is 32.5 Å². The van der Waals surface area contributed by atoms with E-state index >= 15 is 0 Å². The van der Waals surface area contributed by atoms with Crippen molar-refractivity contribution in [3.05, 3.63) is 336 Å². The topological polar surface area (TPSA) is 52.7 Å². The van der Waals surface area contributed by atoms with Gasteiger partial charge in [-0.1, -0.05) is 256 Å². The lowest BCUT2D eigenvalue weighted by atomic mass is 9.77. The Morgan fingerprint density at radius 1 is 0.279 bits per heavy atom. The van der Waals surface area contributed by atoms with E-state index in [1.54, 1.807) is 22.3 Å². The maximum absolute atomic E-state index is 6.30. The Bertz CT molecular complexity index is 6650. The van der Waals surface area contributed by atoms with Gasteiger partial charge in [0.2, 0.25) is 0 Å². The van der Waals surface area contributed by atoms with Crippen LogP contribution < -0.4 is 13.7 Å². The standard InChI is InChI=1S/C40H39N2O.C38H37N2.C36H35N2O/c1-4-12-27(13-5-1)30-22-33(28-14-6-2-7-15-28)39(34(23-30)29-16-8-3-9-17-29)42-21-20-41-26-31-24-38-36(25-35(31)40(41)42)32-18-10-11-19-37(32)43-38;1-3-11-27(12-4-1)31-19-20-34-33(23-31)26-39-21-22-40(38(34)39)37-35(29-15-7-8-16-29)24-32(28-13-5-2-6-14-28)25-36(37)30-17-9-10-18-30;1-23(2)16-27-18-26(25-10-6-5-7-11-25)19-28(17-24(3)4)35(27)38-15-14-37-22-29-20-34-32(21-31(29)36(37)38)30-12-8-9-13-33(30)39-34/h1,4-5,10-13,18-25,28-29H,2-3,6-9,14-17,26H2;1-6,11-14,19-25,29-30H,7-10,15-18,26H2;5-15,18-21,23-24H,16-17,22H2,1-4H3/q3*+1. The summed E-state index contributed by atoms with van der Waals surface area (Å²) in [6, 6.07) is 92.2. The number of imidazole rings is 3. The summed E-state index contributed by atoms with van der Waals surface area (Å²) >= 11 is 0. The summed E-state index contributed by atoms with van der Waals surface area (Å²) in [5.41, 5.74) is 36.2. The first-order chi connectivity index (χ1) is 60.1. The minimum Gasteiger partial charge on any atom is -0.456 e. The number of nitrogens with zero attached hydrogens (tertiary/aromatic N) is 6. The van der Waals surface area contributed by atoms with Gasteiger partial charge in [-0.3, -0.25) is 0 Å². The zero-order valence-corrected chi connectivity index (χ0v) is 71.4. The van der Waals surface area contributed by atoms with Crippen LogP contribution in [0.2, 0.25) is 0 Å². The summed E-state index contributed by atoms with van der Waals surface area (Å²) in [5.74, 6) is 7.55. The van der Waals surface area contributed by atoms with E-state index in [-0.39, 0.29) is 0 Å². The molecule has 7 aliphatic rings. The van der Waals surface area contributed by atoms with Crippen LogP contribution in [0.3, 0.4) is 0 Å².